The maximum atomic E-state index is 12.0. The molecule has 0 aliphatic carbocycles. The monoisotopic (exact) mass is 375 g/mol. The van der Waals surface area contributed by atoms with E-state index in [0.717, 1.165) is 5.56 Å². The number of halogens is 2. The van der Waals surface area contributed by atoms with Gasteiger partial charge >= 0.3 is 0 Å². The van der Waals surface area contributed by atoms with Crippen molar-refractivity contribution >= 4 is 29.1 Å². The smallest absolute Gasteiger partial charge is 0.246 e. The Morgan fingerprint density at radius 2 is 1.76 bits per heavy atom. The van der Waals surface area contributed by atoms with Crippen LogP contribution in [0.25, 0.3) is 11.4 Å². The van der Waals surface area contributed by atoms with E-state index >= 15 is 0 Å². The van der Waals surface area contributed by atoms with Crippen molar-refractivity contribution < 1.29 is 9.32 Å². The molecule has 1 N–H and O–H groups in total. The zero-order chi connectivity index (χ0) is 17.6. The quantitative estimate of drug-likeness (QED) is 0.697. The molecule has 0 saturated carbocycles. The van der Waals surface area contributed by atoms with Gasteiger partial charge in [-0.25, -0.2) is 0 Å². The van der Waals surface area contributed by atoms with Gasteiger partial charge in [0.1, 0.15) is 0 Å². The van der Waals surface area contributed by atoms with Crippen LogP contribution in [0.5, 0.6) is 0 Å². The van der Waals surface area contributed by atoms with Crippen molar-refractivity contribution in [1.82, 2.24) is 15.5 Å². The summed E-state index contributed by atoms with van der Waals surface area (Å²) in [7, 11) is 0. The first kappa shape index (κ1) is 17.5. The summed E-state index contributed by atoms with van der Waals surface area (Å²) in [6.07, 6.45) is 0.898. The summed E-state index contributed by atoms with van der Waals surface area (Å²) in [4.78, 5) is 16.2. The molecule has 2 aromatic carbocycles. The van der Waals surface area contributed by atoms with E-state index in [1.165, 1.54) is 0 Å². The summed E-state index contributed by atoms with van der Waals surface area (Å²) in [6, 6.07) is 14.7. The number of aryl methyl sites for hydroxylation is 1. The van der Waals surface area contributed by atoms with Gasteiger partial charge in [-0.15, -0.1) is 0 Å². The van der Waals surface area contributed by atoms with Gasteiger partial charge in [-0.2, -0.15) is 4.98 Å². The topological polar surface area (TPSA) is 68.0 Å². The van der Waals surface area contributed by atoms with E-state index in [2.05, 4.69) is 15.5 Å². The highest BCUT2D eigenvalue weighted by Crippen LogP contribution is 2.24. The zero-order valence-corrected chi connectivity index (χ0v) is 14.7. The van der Waals surface area contributed by atoms with Gasteiger partial charge in [-0.1, -0.05) is 58.7 Å². The van der Waals surface area contributed by atoms with Crippen LogP contribution in [0.4, 0.5) is 0 Å². The number of carbonyl (C=O) groups excluding carboxylic acids is 1. The Labute approximate surface area is 155 Å². The number of amides is 1. The molecular formula is C18H15Cl2N3O2. The van der Waals surface area contributed by atoms with E-state index in [4.69, 9.17) is 27.7 Å². The molecule has 0 aliphatic heterocycles. The van der Waals surface area contributed by atoms with Gasteiger partial charge in [0.15, 0.2) is 0 Å². The number of nitrogens with one attached hydrogen (secondary N) is 1. The highest BCUT2D eigenvalue weighted by atomic mass is 35.5. The lowest BCUT2D eigenvalue weighted by Gasteiger charge is -2.04. The van der Waals surface area contributed by atoms with Crippen LogP contribution in [0.3, 0.4) is 0 Å². The Morgan fingerprint density at radius 1 is 1.04 bits per heavy atom. The van der Waals surface area contributed by atoms with Crippen molar-refractivity contribution in [2.75, 3.05) is 0 Å². The van der Waals surface area contributed by atoms with Crippen LogP contribution in [-0.4, -0.2) is 16.0 Å². The maximum absolute atomic E-state index is 12.0. The number of benzene rings is 2. The summed E-state index contributed by atoms with van der Waals surface area (Å²) in [5.41, 5.74) is 1.63. The summed E-state index contributed by atoms with van der Waals surface area (Å²) in [5, 5.41) is 7.85. The molecule has 128 valence electrons. The number of rotatable bonds is 6. The first-order valence-corrected chi connectivity index (χ1v) is 8.46. The van der Waals surface area contributed by atoms with Crippen molar-refractivity contribution in [2.45, 2.75) is 19.4 Å². The lowest BCUT2D eigenvalue weighted by atomic mass is 10.1. The van der Waals surface area contributed by atoms with E-state index in [9.17, 15) is 4.79 Å². The van der Waals surface area contributed by atoms with Gasteiger partial charge in [-0.05, 0) is 30.2 Å². The van der Waals surface area contributed by atoms with E-state index in [0.29, 0.717) is 40.2 Å². The third-order valence-corrected chi connectivity index (χ3v) is 4.30. The first-order chi connectivity index (χ1) is 12.1. The molecule has 0 unspecified atom stereocenters. The molecular weight excluding hydrogens is 361 g/mol. The maximum Gasteiger partial charge on any atom is 0.246 e. The average molecular weight is 376 g/mol. The predicted molar refractivity (Wildman–Crippen MR) is 96.4 cm³/mol. The number of nitrogens with zero attached hydrogens (tertiary/aromatic N) is 2. The van der Waals surface area contributed by atoms with Gasteiger partial charge in [0.2, 0.25) is 17.6 Å². The Morgan fingerprint density at radius 3 is 2.52 bits per heavy atom. The van der Waals surface area contributed by atoms with Crippen molar-refractivity contribution in [3.05, 3.63) is 70.0 Å². The molecule has 25 heavy (non-hydrogen) atoms. The number of hydrogen-bond acceptors (Lipinski definition) is 4. The average Bonchev–Trinajstić information content (AvgIpc) is 3.08. The van der Waals surface area contributed by atoms with Gasteiger partial charge in [-0.3, -0.25) is 4.79 Å². The highest BCUT2D eigenvalue weighted by Gasteiger charge is 2.12. The van der Waals surface area contributed by atoms with Crippen LogP contribution in [0.15, 0.2) is 53.1 Å². The lowest BCUT2D eigenvalue weighted by molar-refractivity contribution is -0.121. The lowest BCUT2D eigenvalue weighted by Crippen LogP contribution is -2.23. The minimum atomic E-state index is -0.114. The van der Waals surface area contributed by atoms with Crippen LogP contribution in [-0.2, 0) is 17.8 Å². The fraction of sp³-hybridized carbons (Fsp3) is 0.167. The largest absolute Gasteiger partial charge is 0.347 e. The Balaban J connectivity index is 1.53. The molecule has 0 spiro atoms. The van der Waals surface area contributed by atoms with E-state index in [1.54, 1.807) is 12.1 Å². The number of hydrogen-bond donors (Lipinski definition) is 1. The van der Waals surface area contributed by atoms with E-state index in [-0.39, 0.29) is 12.5 Å². The Bertz CT molecular complexity index is 880. The minimum absolute atomic E-state index is 0.114. The van der Waals surface area contributed by atoms with Gasteiger partial charge in [0, 0.05) is 17.0 Å². The van der Waals surface area contributed by atoms with Gasteiger partial charge in [0.25, 0.3) is 0 Å². The molecule has 0 aliphatic rings. The zero-order valence-electron chi connectivity index (χ0n) is 13.2. The van der Waals surface area contributed by atoms with Gasteiger partial charge in [0.05, 0.1) is 11.6 Å². The van der Waals surface area contributed by atoms with Crippen molar-refractivity contribution in [3.8, 4) is 11.4 Å². The number of carbonyl (C=O) groups is 1. The van der Waals surface area contributed by atoms with E-state index < -0.39 is 0 Å². The summed E-state index contributed by atoms with van der Waals surface area (Å²) < 4.78 is 5.15. The minimum Gasteiger partial charge on any atom is -0.347 e. The number of aromatic nitrogens is 2. The SMILES string of the molecule is O=C(CCc1ccccc1Cl)NCc1nc(-c2ccccc2Cl)no1. The molecule has 0 atom stereocenters. The highest BCUT2D eigenvalue weighted by molar-refractivity contribution is 6.33. The van der Waals surface area contributed by atoms with Crippen molar-refractivity contribution in [1.29, 1.82) is 0 Å². The Hall–Kier alpha value is -2.37. The summed E-state index contributed by atoms with van der Waals surface area (Å²) in [5.74, 6) is 0.601. The van der Waals surface area contributed by atoms with Crippen LogP contribution < -0.4 is 5.32 Å². The second-order valence-electron chi connectivity index (χ2n) is 5.36. The normalized spacial score (nSPS) is 10.6. The molecule has 3 aromatic rings. The molecule has 0 saturated heterocycles. The molecule has 0 fully saturated rings. The van der Waals surface area contributed by atoms with Crippen LogP contribution in [0.1, 0.15) is 17.9 Å². The molecule has 0 radical (unpaired) electrons. The van der Waals surface area contributed by atoms with Crippen molar-refractivity contribution in [3.63, 3.8) is 0 Å². The van der Waals surface area contributed by atoms with Crippen molar-refractivity contribution in [2.24, 2.45) is 0 Å². The van der Waals surface area contributed by atoms with Gasteiger partial charge < -0.3 is 9.84 Å². The second kappa shape index (κ2) is 8.14. The second-order valence-corrected chi connectivity index (χ2v) is 6.17. The fourth-order valence-corrected chi connectivity index (χ4v) is 2.74. The standard InChI is InChI=1S/C18H15Cl2N3O2/c19-14-7-3-1-5-12(14)9-10-16(24)21-11-17-22-18(23-25-17)13-6-2-4-8-15(13)20/h1-8H,9-11H2,(H,21,24). The molecule has 7 heteroatoms. The summed E-state index contributed by atoms with van der Waals surface area (Å²) in [6.45, 7) is 0.165. The predicted octanol–water partition coefficient (Wildman–Crippen LogP) is 4.29. The summed E-state index contributed by atoms with van der Waals surface area (Å²) >= 11 is 12.2. The molecule has 1 amide bonds. The molecule has 5 nitrogen and oxygen atoms in total. The fourth-order valence-electron chi connectivity index (χ4n) is 2.29. The molecule has 0 bridgehead atoms. The van der Waals surface area contributed by atoms with Crippen LogP contribution in [0, 0.1) is 0 Å². The van der Waals surface area contributed by atoms with Crippen LogP contribution in [0.2, 0.25) is 10.0 Å². The van der Waals surface area contributed by atoms with E-state index in [1.807, 2.05) is 36.4 Å². The molecule has 3 rings (SSSR count). The van der Waals surface area contributed by atoms with Crippen LogP contribution >= 0.6 is 23.2 Å². The first-order valence-electron chi connectivity index (χ1n) is 7.71. The molecule has 1 aromatic heterocycles. The Kier molecular flexibility index (Phi) is 5.68. The molecule has 1 heterocycles. The third-order valence-electron chi connectivity index (χ3n) is 3.60. The third kappa shape index (κ3) is 4.59.